The van der Waals surface area contributed by atoms with Crippen LogP contribution < -0.4 is 9.47 Å². The van der Waals surface area contributed by atoms with Crippen molar-refractivity contribution in [1.82, 2.24) is 0 Å². The number of benzene rings is 1. The number of rotatable bonds is 3. The lowest BCUT2D eigenvalue weighted by Gasteiger charge is -2.12. The summed E-state index contributed by atoms with van der Waals surface area (Å²) in [6.45, 7) is 0. The molecule has 0 unspecified atom stereocenters. The van der Waals surface area contributed by atoms with Gasteiger partial charge in [0.2, 0.25) is 0 Å². The number of hydrogen-bond acceptors (Lipinski definition) is 4. The van der Waals surface area contributed by atoms with Gasteiger partial charge in [0.25, 0.3) is 9.05 Å². The molecule has 0 aromatic heterocycles. The lowest BCUT2D eigenvalue weighted by Crippen LogP contribution is -2.04. The van der Waals surface area contributed by atoms with Gasteiger partial charge in [0.1, 0.15) is 5.82 Å². The maximum absolute atomic E-state index is 13.3. The van der Waals surface area contributed by atoms with E-state index < -0.39 is 37.1 Å². The molecule has 0 aliphatic carbocycles. The van der Waals surface area contributed by atoms with E-state index in [2.05, 4.69) is 9.47 Å². The van der Waals surface area contributed by atoms with Crippen LogP contribution in [0.3, 0.4) is 0 Å². The first-order valence-corrected chi connectivity index (χ1v) is 6.18. The van der Waals surface area contributed by atoms with Crippen LogP contribution in [0.4, 0.5) is 8.78 Å². The predicted molar refractivity (Wildman–Crippen MR) is 52.5 cm³/mol. The average Bonchev–Trinajstić information content (AvgIpc) is 2.14. The minimum atomic E-state index is -4.40. The van der Waals surface area contributed by atoms with Crippen molar-refractivity contribution in [2.75, 3.05) is 14.2 Å². The molecule has 16 heavy (non-hydrogen) atoms. The lowest BCUT2D eigenvalue weighted by atomic mass is 10.3. The third-order valence-corrected chi connectivity index (χ3v) is 3.08. The molecule has 0 saturated heterocycles. The molecule has 1 rings (SSSR count). The van der Waals surface area contributed by atoms with Gasteiger partial charge < -0.3 is 9.47 Å². The van der Waals surface area contributed by atoms with Crippen LogP contribution in [0.5, 0.6) is 11.5 Å². The third-order valence-electron chi connectivity index (χ3n) is 1.75. The second-order valence-corrected chi connectivity index (χ2v) is 5.18. The summed E-state index contributed by atoms with van der Waals surface area (Å²) in [5, 5.41) is 0. The van der Waals surface area contributed by atoms with Gasteiger partial charge in [-0.2, -0.15) is 0 Å². The number of methoxy groups -OCH3 is 2. The molecule has 1 aromatic rings. The van der Waals surface area contributed by atoms with Crippen LogP contribution in [-0.4, -0.2) is 22.6 Å². The Balaban J connectivity index is 3.73. The van der Waals surface area contributed by atoms with E-state index in [0.29, 0.717) is 6.07 Å². The molecule has 0 atom stereocenters. The van der Waals surface area contributed by atoms with E-state index in [1.54, 1.807) is 0 Å². The molecule has 4 nitrogen and oxygen atoms in total. The van der Waals surface area contributed by atoms with Crippen molar-refractivity contribution in [3.8, 4) is 11.5 Å². The summed E-state index contributed by atoms with van der Waals surface area (Å²) >= 11 is 0. The Hall–Kier alpha value is -1.08. The Morgan fingerprint density at radius 2 is 1.62 bits per heavy atom. The highest BCUT2D eigenvalue weighted by molar-refractivity contribution is 8.13. The van der Waals surface area contributed by atoms with Crippen LogP contribution in [-0.2, 0) is 9.05 Å². The van der Waals surface area contributed by atoms with Crippen molar-refractivity contribution < 1.29 is 26.7 Å². The number of ether oxygens (including phenoxy) is 2. The zero-order chi connectivity index (χ0) is 12.5. The SMILES string of the molecule is COc1c(F)cc(F)c(S(=O)(=O)Cl)c1OC. The molecule has 0 saturated carbocycles. The summed E-state index contributed by atoms with van der Waals surface area (Å²) in [6.07, 6.45) is 0. The minimum Gasteiger partial charge on any atom is -0.491 e. The fourth-order valence-electron chi connectivity index (χ4n) is 1.17. The highest BCUT2D eigenvalue weighted by atomic mass is 35.7. The first-order valence-electron chi connectivity index (χ1n) is 3.87. The van der Waals surface area contributed by atoms with Gasteiger partial charge in [-0.3, -0.25) is 0 Å². The Morgan fingerprint density at radius 3 is 2.00 bits per heavy atom. The minimum absolute atomic E-state index is 0.358. The molecular weight excluding hydrogens is 266 g/mol. The first-order chi connectivity index (χ1) is 7.32. The average molecular weight is 273 g/mol. The molecule has 0 amide bonds. The monoisotopic (exact) mass is 272 g/mol. The summed E-state index contributed by atoms with van der Waals surface area (Å²) in [5.74, 6) is -3.55. The molecule has 8 heteroatoms. The lowest BCUT2D eigenvalue weighted by molar-refractivity contribution is 0.324. The standard InChI is InChI=1S/C8H7ClF2O4S/c1-14-6-4(10)3-5(11)8(7(6)15-2)16(9,12)13/h3H,1-2H3. The van der Waals surface area contributed by atoms with Crippen LogP contribution in [0.15, 0.2) is 11.0 Å². The smallest absolute Gasteiger partial charge is 0.268 e. The molecule has 0 bridgehead atoms. The van der Waals surface area contributed by atoms with E-state index >= 15 is 0 Å². The topological polar surface area (TPSA) is 52.6 Å². The van der Waals surface area contributed by atoms with Gasteiger partial charge >= 0.3 is 0 Å². The number of halogens is 3. The maximum atomic E-state index is 13.3. The van der Waals surface area contributed by atoms with Crippen LogP contribution >= 0.6 is 10.7 Å². The summed E-state index contributed by atoms with van der Waals surface area (Å²) in [6, 6.07) is 0.358. The van der Waals surface area contributed by atoms with Gasteiger partial charge in [-0.05, 0) is 0 Å². The Bertz CT molecular complexity index is 515. The highest BCUT2D eigenvalue weighted by Crippen LogP contribution is 2.39. The molecule has 0 fully saturated rings. The van der Waals surface area contributed by atoms with Gasteiger partial charge in [0, 0.05) is 16.7 Å². The summed E-state index contributed by atoms with van der Waals surface area (Å²) < 4.78 is 57.8. The predicted octanol–water partition coefficient (Wildman–Crippen LogP) is 1.91. The van der Waals surface area contributed by atoms with E-state index in [1.165, 1.54) is 0 Å². The molecule has 0 N–H and O–H groups in total. The van der Waals surface area contributed by atoms with E-state index in [0.717, 1.165) is 14.2 Å². The van der Waals surface area contributed by atoms with E-state index in [-0.39, 0.29) is 0 Å². The van der Waals surface area contributed by atoms with Crippen LogP contribution in [0, 0.1) is 11.6 Å². The summed E-state index contributed by atoms with van der Waals surface area (Å²) in [7, 11) is 2.73. The van der Waals surface area contributed by atoms with Crippen molar-refractivity contribution in [1.29, 1.82) is 0 Å². The Labute approximate surface area is 95.2 Å². The fourth-order valence-corrected chi connectivity index (χ4v) is 2.29. The zero-order valence-corrected chi connectivity index (χ0v) is 9.82. The molecule has 1 aromatic carbocycles. The molecule has 0 heterocycles. The van der Waals surface area contributed by atoms with Crippen LogP contribution in [0.25, 0.3) is 0 Å². The fraction of sp³-hybridized carbons (Fsp3) is 0.250. The van der Waals surface area contributed by atoms with Crippen LogP contribution in [0.2, 0.25) is 0 Å². The molecule has 0 radical (unpaired) electrons. The second-order valence-electron chi connectivity index (χ2n) is 2.67. The van der Waals surface area contributed by atoms with Crippen molar-refractivity contribution >= 4 is 19.7 Å². The normalized spacial score (nSPS) is 11.3. The quantitative estimate of drug-likeness (QED) is 0.789. The van der Waals surface area contributed by atoms with Gasteiger partial charge in [-0.15, -0.1) is 0 Å². The highest BCUT2D eigenvalue weighted by Gasteiger charge is 2.28. The first kappa shape index (κ1) is 13.0. The largest absolute Gasteiger partial charge is 0.491 e. The van der Waals surface area contributed by atoms with Gasteiger partial charge in [0.15, 0.2) is 22.2 Å². The third kappa shape index (κ3) is 2.19. The van der Waals surface area contributed by atoms with E-state index in [1.807, 2.05) is 0 Å². The van der Waals surface area contributed by atoms with Gasteiger partial charge in [0.05, 0.1) is 14.2 Å². The summed E-state index contributed by atoms with van der Waals surface area (Å²) in [5.41, 5.74) is 0. The van der Waals surface area contributed by atoms with Crippen molar-refractivity contribution in [2.45, 2.75) is 4.90 Å². The molecule has 90 valence electrons. The van der Waals surface area contributed by atoms with Crippen molar-refractivity contribution in [3.05, 3.63) is 17.7 Å². The van der Waals surface area contributed by atoms with Gasteiger partial charge in [-0.25, -0.2) is 17.2 Å². The Morgan fingerprint density at radius 1 is 1.12 bits per heavy atom. The van der Waals surface area contributed by atoms with Crippen molar-refractivity contribution in [3.63, 3.8) is 0 Å². The van der Waals surface area contributed by atoms with E-state index in [9.17, 15) is 17.2 Å². The molecule has 0 aliphatic heterocycles. The zero-order valence-electron chi connectivity index (χ0n) is 8.25. The number of hydrogen-bond donors (Lipinski definition) is 0. The Kier molecular flexibility index (Phi) is 3.59. The molecular formula is C8H7ClF2O4S. The summed E-state index contributed by atoms with van der Waals surface area (Å²) in [4.78, 5) is -0.949. The van der Waals surface area contributed by atoms with Gasteiger partial charge in [-0.1, -0.05) is 0 Å². The molecule has 0 spiro atoms. The van der Waals surface area contributed by atoms with Crippen molar-refractivity contribution in [2.24, 2.45) is 0 Å². The maximum Gasteiger partial charge on any atom is 0.268 e. The second kappa shape index (κ2) is 4.42. The molecule has 0 aliphatic rings. The van der Waals surface area contributed by atoms with E-state index in [4.69, 9.17) is 10.7 Å². The van der Waals surface area contributed by atoms with Crippen LogP contribution in [0.1, 0.15) is 0 Å².